The number of aromatic nitrogens is 4. The summed E-state index contributed by atoms with van der Waals surface area (Å²) in [5.41, 5.74) is 6.08. The van der Waals surface area contributed by atoms with Gasteiger partial charge in [0, 0.05) is 12.4 Å². The molecule has 0 amide bonds. The smallest absolute Gasteiger partial charge is 0.360 e. The van der Waals surface area contributed by atoms with Crippen LogP contribution in [0.2, 0.25) is 0 Å². The summed E-state index contributed by atoms with van der Waals surface area (Å²) >= 11 is 0. The lowest BCUT2D eigenvalue weighted by Crippen LogP contribution is -2.14. The number of nitrogens with two attached hydrogens (primary N) is 1. The van der Waals surface area contributed by atoms with Crippen molar-refractivity contribution < 1.29 is 9.53 Å². The fraction of sp³-hybridized carbons (Fsp3) is 0.364. The van der Waals surface area contributed by atoms with E-state index in [4.69, 9.17) is 5.73 Å². The number of nitrogens with one attached hydrogen (secondary N) is 1. The Morgan fingerprint density at radius 1 is 1.61 bits per heavy atom. The SMILES string of the molecule is COC(=O)c1nc(C)n(C(C)c2ncc[nH]2)c1N. The Bertz CT molecular complexity index is 558. The van der Waals surface area contributed by atoms with E-state index in [-0.39, 0.29) is 17.6 Å². The van der Waals surface area contributed by atoms with E-state index in [1.54, 1.807) is 23.9 Å². The summed E-state index contributed by atoms with van der Waals surface area (Å²) in [4.78, 5) is 22.8. The molecular formula is C11H15N5O2. The summed E-state index contributed by atoms with van der Waals surface area (Å²) < 4.78 is 6.38. The number of aromatic amines is 1. The lowest BCUT2D eigenvalue weighted by molar-refractivity contribution is 0.0595. The summed E-state index contributed by atoms with van der Waals surface area (Å²) in [6, 6.07) is -0.133. The van der Waals surface area contributed by atoms with Gasteiger partial charge in [0.15, 0.2) is 5.69 Å². The Balaban J connectivity index is 2.46. The molecule has 0 radical (unpaired) electrons. The maximum Gasteiger partial charge on any atom is 0.360 e. The molecule has 18 heavy (non-hydrogen) atoms. The minimum absolute atomic E-state index is 0.133. The van der Waals surface area contributed by atoms with Crippen LogP contribution in [0.1, 0.15) is 35.1 Å². The second-order valence-corrected chi connectivity index (χ2v) is 3.90. The van der Waals surface area contributed by atoms with Crippen molar-refractivity contribution in [2.24, 2.45) is 0 Å². The Kier molecular flexibility index (Phi) is 3.05. The van der Waals surface area contributed by atoms with Crippen molar-refractivity contribution in [3.8, 4) is 0 Å². The Hall–Kier alpha value is -2.31. The molecule has 0 fully saturated rings. The third-order valence-corrected chi connectivity index (χ3v) is 2.81. The van der Waals surface area contributed by atoms with Gasteiger partial charge in [-0.1, -0.05) is 0 Å². The highest BCUT2D eigenvalue weighted by Gasteiger charge is 2.23. The molecule has 0 bridgehead atoms. The first-order chi connectivity index (χ1) is 8.56. The van der Waals surface area contributed by atoms with Crippen LogP contribution in [0, 0.1) is 6.92 Å². The number of nitrogens with zero attached hydrogens (tertiary/aromatic N) is 3. The molecular weight excluding hydrogens is 234 g/mol. The van der Waals surface area contributed by atoms with E-state index in [0.29, 0.717) is 5.82 Å². The third kappa shape index (κ3) is 1.83. The minimum atomic E-state index is -0.541. The zero-order valence-electron chi connectivity index (χ0n) is 10.5. The van der Waals surface area contributed by atoms with Gasteiger partial charge in [-0.2, -0.15) is 0 Å². The largest absolute Gasteiger partial charge is 0.464 e. The van der Waals surface area contributed by atoms with Crippen LogP contribution in [-0.4, -0.2) is 32.6 Å². The van der Waals surface area contributed by atoms with Crippen molar-refractivity contribution in [2.75, 3.05) is 12.8 Å². The molecule has 3 N–H and O–H groups in total. The van der Waals surface area contributed by atoms with Gasteiger partial charge < -0.3 is 20.0 Å². The highest BCUT2D eigenvalue weighted by atomic mass is 16.5. The monoisotopic (exact) mass is 249 g/mol. The van der Waals surface area contributed by atoms with Crippen molar-refractivity contribution in [2.45, 2.75) is 19.9 Å². The number of nitrogen functional groups attached to an aromatic ring is 1. The Morgan fingerprint density at radius 3 is 2.89 bits per heavy atom. The number of ether oxygens (including phenoxy) is 1. The molecule has 0 aromatic carbocycles. The van der Waals surface area contributed by atoms with Gasteiger partial charge >= 0.3 is 5.97 Å². The van der Waals surface area contributed by atoms with Gasteiger partial charge in [0.25, 0.3) is 0 Å². The molecule has 0 saturated heterocycles. The maximum atomic E-state index is 11.5. The lowest BCUT2D eigenvalue weighted by Gasteiger charge is -2.14. The van der Waals surface area contributed by atoms with E-state index in [9.17, 15) is 4.79 Å². The summed E-state index contributed by atoms with van der Waals surface area (Å²) in [5, 5.41) is 0. The number of imidazole rings is 2. The lowest BCUT2D eigenvalue weighted by atomic mass is 10.3. The zero-order valence-corrected chi connectivity index (χ0v) is 10.5. The standard InChI is InChI=1S/C11H15N5O2/c1-6(10-13-4-5-14-10)16-7(2)15-8(9(16)12)11(17)18-3/h4-6H,12H2,1-3H3,(H,13,14). The fourth-order valence-corrected chi connectivity index (χ4v) is 1.93. The molecule has 2 aromatic heterocycles. The zero-order chi connectivity index (χ0) is 13.3. The molecule has 2 aromatic rings. The van der Waals surface area contributed by atoms with Crippen LogP contribution in [0.5, 0.6) is 0 Å². The van der Waals surface area contributed by atoms with Crippen molar-refractivity contribution >= 4 is 11.8 Å². The number of carbonyl (C=O) groups is 1. The number of carbonyl (C=O) groups excluding carboxylic acids is 1. The molecule has 0 spiro atoms. The van der Waals surface area contributed by atoms with Crippen molar-refractivity contribution in [1.29, 1.82) is 0 Å². The van der Waals surface area contributed by atoms with Crippen molar-refractivity contribution in [1.82, 2.24) is 19.5 Å². The number of hydrogen-bond acceptors (Lipinski definition) is 5. The minimum Gasteiger partial charge on any atom is -0.464 e. The van der Waals surface area contributed by atoms with Gasteiger partial charge in [-0.3, -0.25) is 0 Å². The summed E-state index contributed by atoms with van der Waals surface area (Å²) in [7, 11) is 1.30. The van der Waals surface area contributed by atoms with E-state index in [2.05, 4.69) is 19.7 Å². The van der Waals surface area contributed by atoms with E-state index in [1.807, 2.05) is 6.92 Å². The molecule has 0 aliphatic carbocycles. The molecule has 2 heterocycles. The van der Waals surface area contributed by atoms with Crippen LogP contribution < -0.4 is 5.73 Å². The van der Waals surface area contributed by atoms with Gasteiger partial charge in [0.2, 0.25) is 0 Å². The molecule has 7 nitrogen and oxygen atoms in total. The third-order valence-electron chi connectivity index (χ3n) is 2.81. The first-order valence-electron chi connectivity index (χ1n) is 5.48. The molecule has 1 unspecified atom stereocenters. The van der Waals surface area contributed by atoms with Crippen LogP contribution in [0.3, 0.4) is 0 Å². The number of hydrogen-bond donors (Lipinski definition) is 2. The van der Waals surface area contributed by atoms with Gasteiger partial charge in [-0.15, -0.1) is 0 Å². The average Bonchev–Trinajstić information content (AvgIpc) is 2.96. The van der Waals surface area contributed by atoms with E-state index >= 15 is 0 Å². The van der Waals surface area contributed by atoms with Crippen LogP contribution >= 0.6 is 0 Å². The number of methoxy groups -OCH3 is 1. The highest BCUT2D eigenvalue weighted by Crippen LogP contribution is 2.23. The van der Waals surface area contributed by atoms with Crippen LogP contribution in [-0.2, 0) is 4.74 Å². The maximum absolute atomic E-state index is 11.5. The number of anilines is 1. The summed E-state index contributed by atoms with van der Waals surface area (Å²) in [6.07, 6.45) is 3.39. The first-order valence-corrected chi connectivity index (χ1v) is 5.48. The normalized spacial score (nSPS) is 12.4. The van der Waals surface area contributed by atoms with E-state index in [1.165, 1.54) is 7.11 Å². The molecule has 1 atom stereocenters. The summed E-state index contributed by atoms with van der Waals surface area (Å²) in [5.74, 6) is 1.12. The Labute approximate surface area is 104 Å². The molecule has 0 aliphatic heterocycles. The predicted octanol–water partition coefficient (Wildman–Crippen LogP) is 0.893. The number of H-pyrrole nitrogens is 1. The summed E-state index contributed by atoms with van der Waals surface area (Å²) in [6.45, 7) is 3.70. The quantitative estimate of drug-likeness (QED) is 0.787. The van der Waals surface area contributed by atoms with Crippen molar-refractivity contribution in [3.05, 3.63) is 29.7 Å². The van der Waals surface area contributed by atoms with Crippen LogP contribution in [0.25, 0.3) is 0 Å². The van der Waals surface area contributed by atoms with E-state index < -0.39 is 5.97 Å². The average molecular weight is 249 g/mol. The number of aryl methyl sites for hydroxylation is 1. The van der Waals surface area contributed by atoms with Gasteiger partial charge in [-0.25, -0.2) is 14.8 Å². The second kappa shape index (κ2) is 4.52. The topological polar surface area (TPSA) is 98.8 Å². The molecule has 0 aliphatic rings. The first kappa shape index (κ1) is 12.2. The molecule has 2 rings (SSSR count). The highest BCUT2D eigenvalue weighted by molar-refractivity contribution is 5.92. The number of rotatable bonds is 3. The second-order valence-electron chi connectivity index (χ2n) is 3.90. The van der Waals surface area contributed by atoms with Gasteiger partial charge in [0.1, 0.15) is 17.5 Å². The molecule has 7 heteroatoms. The van der Waals surface area contributed by atoms with E-state index in [0.717, 1.165) is 5.82 Å². The predicted molar refractivity (Wildman–Crippen MR) is 65.1 cm³/mol. The number of esters is 1. The van der Waals surface area contributed by atoms with Gasteiger partial charge in [-0.05, 0) is 13.8 Å². The molecule has 96 valence electrons. The van der Waals surface area contributed by atoms with Crippen LogP contribution in [0.4, 0.5) is 5.82 Å². The Morgan fingerprint density at radius 2 is 2.33 bits per heavy atom. The van der Waals surface area contributed by atoms with Crippen molar-refractivity contribution in [3.63, 3.8) is 0 Å². The van der Waals surface area contributed by atoms with Crippen LogP contribution in [0.15, 0.2) is 12.4 Å². The van der Waals surface area contributed by atoms with Gasteiger partial charge in [0.05, 0.1) is 13.2 Å². The fourth-order valence-electron chi connectivity index (χ4n) is 1.93. The molecule has 0 saturated carbocycles.